The van der Waals surface area contributed by atoms with Crippen molar-refractivity contribution in [1.82, 2.24) is 19.9 Å². The summed E-state index contributed by atoms with van der Waals surface area (Å²) in [5.74, 6) is 0.125. The standard InChI is InChI=1S/C18H13N5O/c24-17(23-18-21-15-7-3-4-8-16(15)22-18)10-9-12-11-19-13-5-1-2-6-14(13)20-12/h1-11H,(H2,21,22,23,24)/b10-9+. The number of nitrogens with zero attached hydrogens (tertiary/aromatic N) is 3. The summed E-state index contributed by atoms with van der Waals surface area (Å²) < 4.78 is 0. The lowest BCUT2D eigenvalue weighted by Crippen LogP contribution is -2.09. The Hall–Kier alpha value is -3.54. The smallest absolute Gasteiger partial charge is 0.250 e. The van der Waals surface area contributed by atoms with Crippen molar-refractivity contribution in [3.05, 3.63) is 66.5 Å². The molecule has 1 amide bonds. The predicted octanol–water partition coefficient (Wildman–Crippen LogP) is 3.16. The van der Waals surface area contributed by atoms with Crippen molar-refractivity contribution in [3.8, 4) is 0 Å². The van der Waals surface area contributed by atoms with Crippen molar-refractivity contribution in [1.29, 1.82) is 0 Å². The van der Waals surface area contributed by atoms with Crippen LogP contribution < -0.4 is 5.32 Å². The minimum absolute atomic E-state index is 0.288. The molecule has 2 heterocycles. The highest BCUT2D eigenvalue weighted by molar-refractivity contribution is 6.01. The van der Waals surface area contributed by atoms with E-state index in [1.807, 2.05) is 48.5 Å². The first-order valence-corrected chi connectivity index (χ1v) is 7.43. The molecular weight excluding hydrogens is 302 g/mol. The van der Waals surface area contributed by atoms with E-state index in [1.54, 1.807) is 12.3 Å². The van der Waals surface area contributed by atoms with Crippen LogP contribution in [-0.2, 0) is 4.79 Å². The van der Waals surface area contributed by atoms with Crippen LogP contribution in [0.15, 0.2) is 60.8 Å². The van der Waals surface area contributed by atoms with Crippen LogP contribution in [0.3, 0.4) is 0 Å². The number of carbonyl (C=O) groups is 1. The molecule has 4 aromatic rings. The topological polar surface area (TPSA) is 83.6 Å². The Kier molecular flexibility index (Phi) is 3.47. The van der Waals surface area contributed by atoms with Gasteiger partial charge in [-0.1, -0.05) is 24.3 Å². The highest BCUT2D eigenvalue weighted by Crippen LogP contribution is 2.13. The average molecular weight is 315 g/mol. The molecule has 6 heteroatoms. The highest BCUT2D eigenvalue weighted by Gasteiger charge is 2.04. The second-order valence-electron chi connectivity index (χ2n) is 5.21. The maximum Gasteiger partial charge on any atom is 0.250 e. The van der Waals surface area contributed by atoms with Gasteiger partial charge >= 0.3 is 0 Å². The van der Waals surface area contributed by atoms with Crippen molar-refractivity contribution in [2.45, 2.75) is 0 Å². The largest absolute Gasteiger partial charge is 0.324 e. The quantitative estimate of drug-likeness (QED) is 0.569. The number of imidazole rings is 1. The SMILES string of the molecule is O=C(/C=C/c1cnc2ccccc2n1)Nc1nc2ccccc2[nH]1. The number of fused-ring (bicyclic) bond motifs is 2. The fourth-order valence-electron chi connectivity index (χ4n) is 2.38. The molecule has 6 nitrogen and oxygen atoms in total. The number of aromatic nitrogens is 4. The molecule has 0 radical (unpaired) electrons. The van der Waals surface area contributed by atoms with Crippen molar-refractivity contribution >= 4 is 40.0 Å². The summed E-state index contributed by atoms with van der Waals surface area (Å²) >= 11 is 0. The molecule has 4 rings (SSSR count). The Balaban J connectivity index is 1.50. The summed E-state index contributed by atoms with van der Waals surface area (Å²) in [5.41, 5.74) is 3.90. The number of hydrogen-bond donors (Lipinski definition) is 2. The predicted molar refractivity (Wildman–Crippen MR) is 93.3 cm³/mol. The van der Waals surface area contributed by atoms with E-state index in [9.17, 15) is 4.79 Å². The first kappa shape index (κ1) is 14.1. The lowest BCUT2D eigenvalue weighted by molar-refractivity contribution is -0.111. The van der Waals surface area contributed by atoms with E-state index in [2.05, 4.69) is 25.3 Å². The van der Waals surface area contributed by atoms with E-state index in [0.717, 1.165) is 22.1 Å². The van der Waals surface area contributed by atoms with Gasteiger partial charge in [-0.05, 0) is 30.3 Å². The van der Waals surface area contributed by atoms with Crippen molar-refractivity contribution in [2.24, 2.45) is 0 Å². The number of hydrogen-bond acceptors (Lipinski definition) is 4. The van der Waals surface area contributed by atoms with E-state index >= 15 is 0 Å². The maximum atomic E-state index is 12.0. The fraction of sp³-hybridized carbons (Fsp3) is 0. The Morgan fingerprint density at radius 1 is 0.958 bits per heavy atom. The molecule has 0 unspecified atom stereocenters. The summed E-state index contributed by atoms with van der Waals surface area (Å²) in [6.45, 7) is 0. The molecule has 0 fully saturated rings. The summed E-state index contributed by atoms with van der Waals surface area (Å²) in [4.78, 5) is 28.1. The van der Waals surface area contributed by atoms with Crippen LogP contribution >= 0.6 is 0 Å². The van der Waals surface area contributed by atoms with Gasteiger partial charge in [-0.25, -0.2) is 9.97 Å². The third-order valence-electron chi connectivity index (χ3n) is 3.50. The zero-order valence-electron chi connectivity index (χ0n) is 12.6. The molecule has 24 heavy (non-hydrogen) atoms. The van der Waals surface area contributed by atoms with Crippen LogP contribution in [-0.4, -0.2) is 25.8 Å². The van der Waals surface area contributed by atoms with Gasteiger partial charge in [-0.3, -0.25) is 15.1 Å². The summed E-state index contributed by atoms with van der Waals surface area (Å²) in [6.07, 6.45) is 4.66. The van der Waals surface area contributed by atoms with Gasteiger partial charge in [0.1, 0.15) is 0 Å². The van der Waals surface area contributed by atoms with Gasteiger partial charge in [0.15, 0.2) is 0 Å². The molecule has 2 N–H and O–H groups in total. The van der Waals surface area contributed by atoms with Crippen LogP contribution in [0.2, 0.25) is 0 Å². The van der Waals surface area contributed by atoms with Gasteiger partial charge in [0.05, 0.1) is 34.0 Å². The number of para-hydroxylation sites is 4. The number of amides is 1. The first-order chi connectivity index (χ1) is 11.8. The van der Waals surface area contributed by atoms with Crippen LogP contribution in [0.4, 0.5) is 5.95 Å². The Morgan fingerprint density at radius 2 is 1.71 bits per heavy atom. The number of rotatable bonds is 3. The van der Waals surface area contributed by atoms with E-state index in [-0.39, 0.29) is 5.91 Å². The van der Waals surface area contributed by atoms with Crippen molar-refractivity contribution in [2.75, 3.05) is 5.32 Å². The first-order valence-electron chi connectivity index (χ1n) is 7.43. The zero-order chi connectivity index (χ0) is 16.4. The number of aromatic amines is 1. The summed E-state index contributed by atoms with van der Waals surface area (Å²) in [6, 6.07) is 15.2. The van der Waals surface area contributed by atoms with Gasteiger partial charge in [-0.15, -0.1) is 0 Å². The molecule has 0 aliphatic heterocycles. The number of anilines is 1. The fourth-order valence-corrected chi connectivity index (χ4v) is 2.38. The third kappa shape index (κ3) is 2.85. The van der Waals surface area contributed by atoms with Crippen molar-refractivity contribution in [3.63, 3.8) is 0 Å². The molecule has 0 saturated carbocycles. The second kappa shape index (κ2) is 5.92. The number of benzene rings is 2. The lowest BCUT2D eigenvalue weighted by Gasteiger charge is -1.98. The van der Waals surface area contributed by atoms with Crippen LogP contribution in [0.25, 0.3) is 28.1 Å². The van der Waals surface area contributed by atoms with E-state index in [0.29, 0.717) is 11.6 Å². The molecule has 116 valence electrons. The van der Waals surface area contributed by atoms with Gasteiger partial charge in [0.2, 0.25) is 5.95 Å². The molecule has 0 spiro atoms. The molecule has 2 aromatic carbocycles. The highest BCUT2D eigenvalue weighted by atomic mass is 16.1. The molecular formula is C18H13N5O. The second-order valence-corrected chi connectivity index (χ2v) is 5.21. The molecule has 2 aromatic heterocycles. The number of carbonyl (C=O) groups excluding carboxylic acids is 1. The third-order valence-corrected chi connectivity index (χ3v) is 3.50. The molecule has 0 bridgehead atoms. The van der Waals surface area contributed by atoms with Crippen LogP contribution in [0, 0.1) is 0 Å². The molecule has 0 saturated heterocycles. The monoisotopic (exact) mass is 315 g/mol. The average Bonchev–Trinajstić information content (AvgIpc) is 3.02. The van der Waals surface area contributed by atoms with E-state index in [4.69, 9.17) is 0 Å². The summed E-state index contributed by atoms with van der Waals surface area (Å²) in [5, 5.41) is 2.70. The Morgan fingerprint density at radius 3 is 2.54 bits per heavy atom. The van der Waals surface area contributed by atoms with E-state index < -0.39 is 0 Å². The molecule has 0 aliphatic rings. The Bertz CT molecular complexity index is 1030. The Labute approximate surface area is 137 Å². The summed E-state index contributed by atoms with van der Waals surface area (Å²) in [7, 11) is 0. The van der Waals surface area contributed by atoms with Crippen LogP contribution in [0.1, 0.15) is 5.69 Å². The van der Waals surface area contributed by atoms with Crippen LogP contribution in [0.5, 0.6) is 0 Å². The normalized spacial score (nSPS) is 11.3. The minimum Gasteiger partial charge on any atom is -0.324 e. The van der Waals surface area contributed by atoms with E-state index in [1.165, 1.54) is 6.08 Å². The zero-order valence-corrected chi connectivity index (χ0v) is 12.6. The molecule has 0 aliphatic carbocycles. The van der Waals surface area contributed by atoms with Gasteiger partial charge in [0.25, 0.3) is 5.91 Å². The lowest BCUT2D eigenvalue weighted by atomic mass is 10.3. The maximum absolute atomic E-state index is 12.0. The number of nitrogens with one attached hydrogen (secondary N) is 2. The van der Waals surface area contributed by atoms with Crippen molar-refractivity contribution < 1.29 is 4.79 Å². The number of H-pyrrole nitrogens is 1. The van der Waals surface area contributed by atoms with Gasteiger partial charge in [0, 0.05) is 6.08 Å². The minimum atomic E-state index is -0.288. The van der Waals surface area contributed by atoms with Gasteiger partial charge in [-0.2, -0.15) is 0 Å². The molecule has 0 atom stereocenters. The van der Waals surface area contributed by atoms with Gasteiger partial charge < -0.3 is 4.98 Å².